The second-order valence-corrected chi connectivity index (χ2v) is 5.00. The fourth-order valence-corrected chi connectivity index (χ4v) is 1.76. The molecule has 1 aromatic rings. The van der Waals surface area contributed by atoms with Gasteiger partial charge in [0, 0.05) is 10.0 Å². The lowest BCUT2D eigenvalue weighted by Crippen LogP contribution is -2.37. The van der Waals surface area contributed by atoms with Crippen LogP contribution in [-0.4, -0.2) is 12.6 Å². The molecule has 0 radical (unpaired) electrons. The fourth-order valence-electron chi connectivity index (χ4n) is 1.37. The van der Waals surface area contributed by atoms with Crippen molar-refractivity contribution in [2.24, 2.45) is 5.73 Å². The van der Waals surface area contributed by atoms with Gasteiger partial charge in [-0.15, -0.1) is 0 Å². The lowest BCUT2D eigenvalue weighted by atomic mass is 9.91. The summed E-state index contributed by atoms with van der Waals surface area (Å²) in [7, 11) is 1.68. The summed E-state index contributed by atoms with van der Waals surface area (Å²) in [4.78, 5) is 0. The average molecular weight is 272 g/mol. The third kappa shape index (κ3) is 3.50. The predicted octanol–water partition coefficient (Wildman–Crippen LogP) is 3.13. The number of ether oxygens (including phenoxy) is 1. The van der Waals surface area contributed by atoms with Crippen molar-refractivity contribution in [3.8, 4) is 5.75 Å². The Labute approximate surface area is 99.9 Å². The van der Waals surface area contributed by atoms with Crippen LogP contribution in [0.1, 0.15) is 25.8 Å². The minimum absolute atomic E-state index is 0.158. The molecule has 0 saturated carbocycles. The molecule has 0 aliphatic carbocycles. The Bertz CT molecular complexity index is 336. The summed E-state index contributed by atoms with van der Waals surface area (Å²) in [6.07, 6.45) is 1.80. The molecule has 1 rings (SSSR count). The summed E-state index contributed by atoms with van der Waals surface area (Å²) < 4.78 is 6.29. The second kappa shape index (κ2) is 4.99. The molecule has 0 bridgehead atoms. The highest BCUT2D eigenvalue weighted by Gasteiger charge is 2.18. The van der Waals surface area contributed by atoms with Crippen LogP contribution < -0.4 is 10.5 Å². The standard InChI is InChI=1S/C12H18BrNO/c1-4-12(2,14)8-9-7-10(15-3)5-6-11(9)13/h5-7H,4,8,14H2,1-3H3. The third-order valence-electron chi connectivity index (χ3n) is 2.65. The summed E-state index contributed by atoms with van der Waals surface area (Å²) in [6.45, 7) is 4.17. The van der Waals surface area contributed by atoms with E-state index in [0.717, 1.165) is 23.1 Å². The van der Waals surface area contributed by atoms with Gasteiger partial charge in [-0.3, -0.25) is 0 Å². The Morgan fingerprint density at radius 1 is 1.47 bits per heavy atom. The minimum atomic E-state index is -0.158. The molecule has 0 aromatic heterocycles. The second-order valence-electron chi connectivity index (χ2n) is 4.14. The number of hydrogen-bond donors (Lipinski definition) is 1. The normalized spacial score (nSPS) is 14.7. The SMILES string of the molecule is CCC(C)(N)Cc1cc(OC)ccc1Br. The highest BCUT2D eigenvalue weighted by atomic mass is 79.9. The third-order valence-corrected chi connectivity index (χ3v) is 3.43. The van der Waals surface area contributed by atoms with Gasteiger partial charge in [-0.1, -0.05) is 22.9 Å². The lowest BCUT2D eigenvalue weighted by molar-refractivity contribution is 0.411. The van der Waals surface area contributed by atoms with Gasteiger partial charge in [0.2, 0.25) is 0 Å². The number of halogens is 1. The van der Waals surface area contributed by atoms with Crippen molar-refractivity contribution in [1.82, 2.24) is 0 Å². The molecule has 2 N–H and O–H groups in total. The van der Waals surface area contributed by atoms with Crippen LogP contribution in [0.15, 0.2) is 22.7 Å². The first kappa shape index (κ1) is 12.5. The van der Waals surface area contributed by atoms with E-state index in [1.54, 1.807) is 7.11 Å². The molecule has 0 aliphatic rings. The van der Waals surface area contributed by atoms with Crippen molar-refractivity contribution in [3.63, 3.8) is 0 Å². The largest absolute Gasteiger partial charge is 0.497 e. The first-order valence-corrected chi connectivity index (χ1v) is 5.89. The van der Waals surface area contributed by atoms with Crippen LogP contribution in [0.25, 0.3) is 0 Å². The first-order chi connectivity index (χ1) is 6.98. The van der Waals surface area contributed by atoms with Gasteiger partial charge < -0.3 is 10.5 Å². The van der Waals surface area contributed by atoms with Crippen molar-refractivity contribution >= 4 is 15.9 Å². The molecule has 3 heteroatoms. The molecule has 1 aromatic carbocycles. The van der Waals surface area contributed by atoms with Crippen molar-refractivity contribution in [3.05, 3.63) is 28.2 Å². The van der Waals surface area contributed by atoms with Gasteiger partial charge in [-0.25, -0.2) is 0 Å². The lowest BCUT2D eigenvalue weighted by Gasteiger charge is -2.23. The number of rotatable bonds is 4. The summed E-state index contributed by atoms with van der Waals surface area (Å²) >= 11 is 3.53. The molecule has 0 saturated heterocycles. The summed E-state index contributed by atoms with van der Waals surface area (Å²) in [5, 5.41) is 0. The maximum absolute atomic E-state index is 6.15. The summed E-state index contributed by atoms with van der Waals surface area (Å²) in [5.41, 5.74) is 7.18. The maximum atomic E-state index is 6.15. The van der Waals surface area contributed by atoms with E-state index in [9.17, 15) is 0 Å². The summed E-state index contributed by atoms with van der Waals surface area (Å²) in [6, 6.07) is 5.97. The fraction of sp³-hybridized carbons (Fsp3) is 0.500. The van der Waals surface area contributed by atoms with Gasteiger partial charge in [-0.05, 0) is 43.5 Å². The van der Waals surface area contributed by atoms with Crippen LogP contribution in [0, 0.1) is 0 Å². The van der Waals surface area contributed by atoms with Gasteiger partial charge in [0.25, 0.3) is 0 Å². The number of benzene rings is 1. The number of methoxy groups -OCH3 is 1. The van der Waals surface area contributed by atoms with Crippen LogP contribution in [0.3, 0.4) is 0 Å². The quantitative estimate of drug-likeness (QED) is 0.914. The van der Waals surface area contributed by atoms with E-state index in [0.29, 0.717) is 0 Å². The average Bonchev–Trinajstić information content (AvgIpc) is 2.21. The van der Waals surface area contributed by atoms with E-state index in [2.05, 4.69) is 29.8 Å². The molecule has 0 spiro atoms. The molecule has 1 atom stereocenters. The van der Waals surface area contributed by atoms with E-state index >= 15 is 0 Å². The first-order valence-electron chi connectivity index (χ1n) is 5.10. The van der Waals surface area contributed by atoms with Crippen LogP contribution in [0.4, 0.5) is 0 Å². The molecule has 84 valence electrons. The summed E-state index contributed by atoms with van der Waals surface area (Å²) in [5.74, 6) is 0.875. The van der Waals surface area contributed by atoms with Gasteiger partial charge in [-0.2, -0.15) is 0 Å². The topological polar surface area (TPSA) is 35.2 Å². The van der Waals surface area contributed by atoms with Crippen molar-refractivity contribution in [2.75, 3.05) is 7.11 Å². The maximum Gasteiger partial charge on any atom is 0.119 e. The van der Waals surface area contributed by atoms with Gasteiger partial charge in [0.05, 0.1) is 7.11 Å². The molecular formula is C12H18BrNO. The molecule has 0 amide bonds. The van der Waals surface area contributed by atoms with E-state index in [4.69, 9.17) is 10.5 Å². The number of nitrogens with two attached hydrogens (primary N) is 1. The Morgan fingerprint density at radius 3 is 2.67 bits per heavy atom. The molecule has 1 unspecified atom stereocenters. The van der Waals surface area contributed by atoms with Crippen LogP contribution in [0.5, 0.6) is 5.75 Å². The molecule has 0 fully saturated rings. The van der Waals surface area contributed by atoms with Crippen LogP contribution in [0.2, 0.25) is 0 Å². The van der Waals surface area contributed by atoms with Gasteiger partial charge in [0.15, 0.2) is 0 Å². The molecule has 0 aliphatic heterocycles. The zero-order valence-corrected chi connectivity index (χ0v) is 11.1. The van der Waals surface area contributed by atoms with Crippen molar-refractivity contribution < 1.29 is 4.74 Å². The predicted molar refractivity (Wildman–Crippen MR) is 67.3 cm³/mol. The van der Waals surface area contributed by atoms with E-state index in [-0.39, 0.29) is 5.54 Å². The molecular weight excluding hydrogens is 254 g/mol. The Hall–Kier alpha value is -0.540. The van der Waals surface area contributed by atoms with Crippen molar-refractivity contribution in [2.45, 2.75) is 32.2 Å². The van der Waals surface area contributed by atoms with Crippen LogP contribution >= 0.6 is 15.9 Å². The smallest absolute Gasteiger partial charge is 0.119 e. The molecule has 0 heterocycles. The number of hydrogen-bond acceptors (Lipinski definition) is 2. The Morgan fingerprint density at radius 2 is 2.13 bits per heavy atom. The monoisotopic (exact) mass is 271 g/mol. The van der Waals surface area contributed by atoms with E-state index < -0.39 is 0 Å². The minimum Gasteiger partial charge on any atom is -0.497 e. The zero-order chi connectivity index (χ0) is 11.5. The van der Waals surface area contributed by atoms with Gasteiger partial charge >= 0.3 is 0 Å². The van der Waals surface area contributed by atoms with E-state index in [1.807, 2.05) is 18.2 Å². The highest BCUT2D eigenvalue weighted by Crippen LogP contribution is 2.26. The molecule has 15 heavy (non-hydrogen) atoms. The molecule has 2 nitrogen and oxygen atoms in total. The Balaban J connectivity index is 2.93. The zero-order valence-electron chi connectivity index (χ0n) is 9.51. The van der Waals surface area contributed by atoms with Crippen molar-refractivity contribution in [1.29, 1.82) is 0 Å². The highest BCUT2D eigenvalue weighted by molar-refractivity contribution is 9.10. The van der Waals surface area contributed by atoms with E-state index in [1.165, 1.54) is 5.56 Å². The van der Waals surface area contributed by atoms with Gasteiger partial charge in [0.1, 0.15) is 5.75 Å². The van der Waals surface area contributed by atoms with Crippen LogP contribution in [-0.2, 0) is 6.42 Å². The Kier molecular flexibility index (Phi) is 4.17.